The van der Waals surface area contributed by atoms with Crippen LogP contribution >= 0.6 is 23.2 Å². The largest absolute Gasteiger partial charge is 0.300 e. The number of hydrogen-bond donors (Lipinski definition) is 0. The van der Waals surface area contributed by atoms with Crippen molar-refractivity contribution in [3.63, 3.8) is 0 Å². The Bertz CT molecular complexity index is 400. The van der Waals surface area contributed by atoms with E-state index in [0.29, 0.717) is 5.03 Å². The van der Waals surface area contributed by atoms with Gasteiger partial charge in [0, 0.05) is 62.2 Å². The van der Waals surface area contributed by atoms with Crippen molar-refractivity contribution in [1.29, 1.82) is 0 Å². The van der Waals surface area contributed by atoms with Crippen LogP contribution in [0.5, 0.6) is 0 Å². The molecule has 1 saturated heterocycles. The van der Waals surface area contributed by atoms with Crippen molar-refractivity contribution in [2.45, 2.75) is 6.42 Å². The van der Waals surface area contributed by atoms with Crippen molar-refractivity contribution in [2.24, 2.45) is 0 Å². The number of nitrogens with zero attached hydrogens (tertiary/aromatic N) is 3. The summed E-state index contributed by atoms with van der Waals surface area (Å²) in [5.41, 5.74) is 2.81. The first-order valence-corrected chi connectivity index (χ1v) is 7.38. The lowest BCUT2D eigenvalue weighted by Gasteiger charge is -2.34. The van der Waals surface area contributed by atoms with Crippen LogP contribution in [0.4, 0.5) is 0 Å². The van der Waals surface area contributed by atoms with Gasteiger partial charge in [-0.25, -0.2) is 0 Å². The molecule has 0 aromatic carbocycles. The van der Waals surface area contributed by atoms with E-state index in [-0.39, 0.29) is 0 Å². The predicted molar refractivity (Wildman–Crippen MR) is 80.6 cm³/mol. The molecule has 0 unspecified atom stereocenters. The average Bonchev–Trinajstić information content (AvgIpc) is 2.47. The van der Waals surface area contributed by atoms with Crippen LogP contribution in [0.25, 0.3) is 0 Å². The summed E-state index contributed by atoms with van der Waals surface area (Å²) in [5.74, 6) is 0. The molecule has 104 valence electrons. The highest BCUT2D eigenvalue weighted by Crippen LogP contribution is 2.10. The number of pyridine rings is 1. The molecule has 1 fully saturated rings. The highest BCUT2D eigenvalue weighted by atomic mass is 35.5. The lowest BCUT2D eigenvalue weighted by molar-refractivity contribution is 0.143. The van der Waals surface area contributed by atoms with Crippen molar-refractivity contribution in [2.75, 3.05) is 39.3 Å². The maximum absolute atomic E-state index is 5.94. The Kier molecular flexibility index (Phi) is 6.11. The Balaban J connectivity index is 1.69. The maximum atomic E-state index is 5.94. The number of halogens is 2. The van der Waals surface area contributed by atoms with Gasteiger partial charge in [0.2, 0.25) is 0 Å². The van der Waals surface area contributed by atoms with Gasteiger partial charge in [-0.1, -0.05) is 23.2 Å². The Morgan fingerprint density at radius 1 is 1.16 bits per heavy atom. The first-order valence-electron chi connectivity index (χ1n) is 6.56. The highest BCUT2D eigenvalue weighted by Gasteiger charge is 2.16. The molecule has 0 saturated carbocycles. The van der Waals surface area contributed by atoms with Gasteiger partial charge in [-0.3, -0.25) is 9.88 Å². The quantitative estimate of drug-likeness (QED) is 0.833. The van der Waals surface area contributed by atoms with Crippen molar-refractivity contribution >= 4 is 23.2 Å². The van der Waals surface area contributed by atoms with Crippen LogP contribution in [0.2, 0.25) is 0 Å². The van der Waals surface area contributed by atoms with Gasteiger partial charge < -0.3 is 4.90 Å². The fourth-order valence-electron chi connectivity index (χ4n) is 2.26. The summed E-state index contributed by atoms with van der Waals surface area (Å²) in [5, 5.41) is 0.715. The van der Waals surface area contributed by atoms with Gasteiger partial charge in [-0.05, 0) is 24.1 Å². The van der Waals surface area contributed by atoms with E-state index in [0.717, 1.165) is 45.7 Å². The first kappa shape index (κ1) is 14.8. The van der Waals surface area contributed by atoms with Crippen LogP contribution in [0, 0.1) is 0 Å². The summed E-state index contributed by atoms with van der Waals surface area (Å²) >= 11 is 11.5. The van der Waals surface area contributed by atoms with E-state index < -0.39 is 0 Å². The number of aromatic nitrogens is 1. The summed E-state index contributed by atoms with van der Waals surface area (Å²) in [6.45, 7) is 6.17. The van der Waals surface area contributed by atoms with E-state index >= 15 is 0 Å². The second kappa shape index (κ2) is 7.85. The fourth-order valence-corrected chi connectivity index (χ4v) is 2.49. The zero-order valence-electron chi connectivity index (χ0n) is 10.9. The van der Waals surface area contributed by atoms with E-state index in [4.69, 9.17) is 23.2 Å². The maximum Gasteiger partial charge on any atom is 0.0434 e. The van der Waals surface area contributed by atoms with Gasteiger partial charge in [0.1, 0.15) is 0 Å². The first-order chi connectivity index (χ1) is 9.28. The van der Waals surface area contributed by atoms with Crippen molar-refractivity contribution in [1.82, 2.24) is 14.8 Å². The standard InChI is InChI=1S/C14H19Cl2N3/c15-11-14(16)12-19-9-7-18(8-10-19)6-3-13-1-4-17-5-2-13/h1-2,4-5,11H,3,6-10,12H2. The van der Waals surface area contributed by atoms with E-state index in [9.17, 15) is 0 Å². The third-order valence-electron chi connectivity index (χ3n) is 3.42. The third kappa shape index (κ3) is 5.11. The Morgan fingerprint density at radius 2 is 1.79 bits per heavy atom. The minimum atomic E-state index is 0.715. The minimum Gasteiger partial charge on any atom is -0.300 e. The molecule has 0 aliphatic carbocycles. The molecule has 19 heavy (non-hydrogen) atoms. The van der Waals surface area contributed by atoms with Gasteiger partial charge in [-0.15, -0.1) is 0 Å². The Morgan fingerprint density at radius 3 is 2.42 bits per heavy atom. The number of piperazine rings is 1. The van der Waals surface area contributed by atoms with E-state index in [2.05, 4.69) is 26.9 Å². The minimum absolute atomic E-state index is 0.715. The molecule has 0 radical (unpaired) electrons. The Labute approximate surface area is 124 Å². The molecule has 0 atom stereocenters. The molecule has 2 rings (SSSR count). The molecule has 1 aromatic heterocycles. The third-order valence-corrected chi connectivity index (χ3v) is 4.03. The fraction of sp³-hybridized carbons (Fsp3) is 0.500. The number of hydrogen-bond acceptors (Lipinski definition) is 3. The van der Waals surface area contributed by atoms with Gasteiger partial charge in [-0.2, -0.15) is 0 Å². The topological polar surface area (TPSA) is 19.4 Å². The zero-order chi connectivity index (χ0) is 13.5. The molecule has 5 heteroatoms. The molecular weight excluding hydrogens is 281 g/mol. The molecule has 3 nitrogen and oxygen atoms in total. The lowest BCUT2D eigenvalue weighted by Crippen LogP contribution is -2.47. The zero-order valence-corrected chi connectivity index (χ0v) is 12.4. The average molecular weight is 300 g/mol. The summed E-state index contributed by atoms with van der Waals surface area (Å²) in [6.07, 6.45) is 4.80. The summed E-state index contributed by atoms with van der Waals surface area (Å²) in [6, 6.07) is 4.17. The van der Waals surface area contributed by atoms with Crippen molar-refractivity contribution in [3.8, 4) is 0 Å². The molecule has 2 heterocycles. The smallest absolute Gasteiger partial charge is 0.0434 e. The van der Waals surface area contributed by atoms with Crippen LogP contribution in [0.15, 0.2) is 35.1 Å². The molecule has 0 N–H and O–H groups in total. The molecule has 0 spiro atoms. The summed E-state index contributed by atoms with van der Waals surface area (Å²) in [4.78, 5) is 8.87. The predicted octanol–water partition coefficient (Wildman–Crippen LogP) is 2.56. The van der Waals surface area contributed by atoms with E-state index in [1.165, 1.54) is 11.1 Å². The van der Waals surface area contributed by atoms with Crippen molar-refractivity contribution < 1.29 is 0 Å². The molecule has 0 bridgehead atoms. The summed E-state index contributed by atoms with van der Waals surface area (Å²) < 4.78 is 0. The van der Waals surface area contributed by atoms with Gasteiger partial charge in [0.25, 0.3) is 0 Å². The van der Waals surface area contributed by atoms with Crippen LogP contribution in [-0.2, 0) is 6.42 Å². The van der Waals surface area contributed by atoms with E-state index in [1.54, 1.807) is 0 Å². The van der Waals surface area contributed by atoms with Crippen LogP contribution in [-0.4, -0.2) is 54.1 Å². The van der Waals surface area contributed by atoms with Gasteiger partial charge >= 0.3 is 0 Å². The molecular formula is C14H19Cl2N3. The Hall–Kier alpha value is -0.610. The monoisotopic (exact) mass is 299 g/mol. The van der Waals surface area contributed by atoms with Crippen LogP contribution in [0.1, 0.15) is 5.56 Å². The number of rotatable bonds is 5. The molecule has 1 aromatic rings. The highest BCUT2D eigenvalue weighted by molar-refractivity contribution is 6.36. The summed E-state index contributed by atoms with van der Waals surface area (Å²) in [7, 11) is 0. The lowest BCUT2D eigenvalue weighted by atomic mass is 10.2. The molecule has 1 aliphatic heterocycles. The molecule has 1 aliphatic rings. The van der Waals surface area contributed by atoms with Crippen LogP contribution < -0.4 is 0 Å². The second-order valence-corrected chi connectivity index (χ2v) is 5.48. The molecule has 0 amide bonds. The van der Waals surface area contributed by atoms with E-state index in [1.807, 2.05) is 12.4 Å². The van der Waals surface area contributed by atoms with Crippen LogP contribution in [0.3, 0.4) is 0 Å². The van der Waals surface area contributed by atoms with Crippen molar-refractivity contribution in [3.05, 3.63) is 40.7 Å². The van der Waals surface area contributed by atoms with Gasteiger partial charge in [0.05, 0.1) is 0 Å². The SMILES string of the molecule is ClC=C(Cl)CN1CCN(CCc2ccncc2)CC1. The second-order valence-electron chi connectivity index (χ2n) is 4.78. The van der Waals surface area contributed by atoms with Gasteiger partial charge in [0.15, 0.2) is 0 Å². The normalized spacial score (nSPS) is 18.7.